The average Bonchev–Trinajstić information content (AvgIpc) is 2.88. The van der Waals surface area contributed by atoms with Gasteiger partial charge in [-0.2, -0.15) is 18.4 Å². The zero-order chi connectivity index (χ0) is 15.9. The maximum absolute atomic E-state index is 13.2. The molecule has 110 valence electrons. The summed E-state index contributed by atoms with van der Waals surface area (Å²) in [6.45, 7) is 1.88. The first-order chi connectivity index (χ1) is 10.4. The predicted molar refractivity (Wildman–Crippen MR) is 72.9 cm³/mol. The number of hydrogen-bond donors (Lipinski definition) is 0. The predicted octanol–water partition coefficient (Wildman–Crippen LogP) is 3.60. The molecular formula is C15H9F3N4. The zero-order valence-corrected chi connectivity index (χ0v) is 11.4. The van der Waals surface area contributed by atoms with E-state index in [1.165, 1.54) is 0 Å². The van der Waals surface area contributed by atoms with Crippen LogP contribution in [0.2, 0.25) is 0 Å². The van der Waals surface area contributed by atoms with Crippen molar-refractivity contribution in [2.45, 2.75) is 13.1 Å². The smallest absolute Gasteiger partial charge is 0.278 e. The third-order valence-corrected chi connectivity index (χ3v) is 3.25. The van der Waals surface area contributed by atoms with Crippen molar-refractivity contribution in [3.63, 3.8) is 0 Å². The molecule has 0 unspecified atom stereocenters. The van der Waals surface area contributed by atoms with Gasteiger partial charge in [-0.1, -0.05) is 29.8 Å². The van der Waals surface area contributed by atoms with E-state index in [4.69, 9.17) is 5.26 Å². The van der Waals surface area contributed by atoms with Crippen LogP contribution in [-0.4, -0.2) is 14.4 Å². The Morgan fingerprint density at radius 1 is 1.18 bits per heavy atom. The second kappa shape index (κ2) is 4.84. The molecule has 0 bridgehead atoms. The molecule has 0 saturated carbocycles. The van der Waals surface area contributed by atoms with Crippen molar-refractivity contribution < 1.29 is 13.2 Å². The van der Waals surface area contributed by atoms with Crippen LogP contribution in [-0.2, 0) is 6.18 Å². The van der Waals surface area contributed by atoms with Gasteiger partial charge in [-0.15, -0.1) is 0 Å². The Morgan fingerprint density at radius 3 is 2.45 bits per heavy atom. The first kappa shape index (κ1) is 14.1. The van der Waals surface area contributed by atoms with Crippen LogP contribution in [0.25, 0.3) is 16.9 Å². The van der Waals surface area contributed by atoms with Crippen LogP contribution >= 0.6 is 0 Å². The molecule has 2 heterocycles. The first-order valence-electron chi connectivity index (χ1n) is 6.32. The Balaban J connectivity index is 2.32. The van der Waals surface area contributed by atoms with E-state index < -0.39 is 11.9 Å². The molecule has 0 aliphatic heterocycles. The van der Waals surface area contributed by atoms with Gasteiger partial charge >= 0.3 is 6.18 Å². The number of hydrogen-bond acceptors (Lipinski definition) is 3. The lowest BCUT2D eigenvalue weighted by atomic mass is 10.1. The van der Waals surface area contributed by atoms with Crippen molar-refractivity contribution in [1.82, 2.24) is 14.4 Å². The number of rotatable bonds is 1. The molecule has 0 amide bonds. The zero-order valence-electron chi connectivity index (χ0n) is 11.4. The van der Waals surface area contributed by atoms with Crippen LogP contribution in [0.4, 0.5) is 13.2 Å². The van der Waals surface area contributed by atoms with Gasteiger partial charge in [0.05, 0.1) is 5.69 Å². The molecule has 0 aliphatic rings. The van der Waals surface area contributed by atoms with E-state index in [1.807, 2.05) is 6.92 Å². The van der Waals surface area contributed by atoms with Crippen LogP contribution in [0.1, 0.15) is 17.0 Å². The van der Waals surface area contributed by atoms with Crippen molar-refractivity contribution in [3.05, 3.63) is 53.6 Å². The first-order valence-corrected chi connectivity index (χ1v) is 6.32. The number of nitrogens with zero attached hydrogens (tertiary/aromatic N) is 4. The minimum absolute atomic E-state index is 0.104. The summed E-state index contributed by atoms with van der Waals surface area (Å²) in [7, 11) is 0. The summed E-state index contributed by atoms with van der Waals surface area (Å²) in [4.78, 5) is 7.83. The Kier molecular flexibility index (Phi) is 3.10. The molecule has 22 heavy (non-hydrogen) atoms. The Labute approximate surface area is 123 Å². The largest absolute Gasteiger partial charge is 0.431 e. The number of alkyl halides is 3. The molecule has 3 aromatic rings. The van der Waals surface area contributed by atoms with Gasteiger partial charge in [0.25, 0.3) is 0 Å². The van der Waals surface area contributed by atoms with Crippen molar-refractivity contribution in [1.29, 1.82) is 5.26 Å². The molecular weight excluding hydrogens is 293 g/mol. The molecule has 0 saturated heterocycles. The van der Waals surface area contributed by atoms with E-state index in [0.717, 1.165) is 22.4 Å². The summed E-state index contributed by atoms with van der Waals surface area (Å²) in [6.07, 6.45) is -3.61. The normalized spacial score (nSPS) is 11.6. The van der Waals surface area contributed by atoms with Gasteiger partial charge in [0.15, 0.2) is 11.3 Å². The maximum Gasteiger partial charge on any atom is 0.431 e. The average molecular weight is 302 g/mol. The van der Waals surface area contributed by atoms with E-state index in [9.17, 15) is 13.2 Å². The molecule has 0 fully saturated rings. The number of imidazole rings is 1. The Morgan fingerprint density at radius 2 is 1.86 bits per heavy atom. The highest BCUT2D eigenvalue weighted by atomic mass is 19.4. The second-order valence-electron chi connectivity index (χ2n) is 4.79. The lowest BCUT2D eigenvalue weighted by Crippen LogP contribution is -2.12. The number of fused-ring (bicyclic) bond motifs is 1. The molecule has 0 aliphatic carbocycles. The van der Waals surface area contributed by atoms with E-state index >= 15 is 0 Å². The fourth-order valence-corrected chi connectivity index (χ4v) is 2.14. The summed E-state index contributed by atoms with van der Waals surface area (Å²) in [5.41, 5.74) is 0.526. The van der Waals surface area contributed by atoms with Crippen LogP contribution in [0.15, 0.2) is 36.7 Å². The highest BCUT2D eigenvalue weighted by molar-refractivity contribution is 5.65. The van der Waals surface area contributed by atoms with Crippen LogP contribution in [0.5, 0.6) is 0 Å². The molecule has 3 rings (SSSR count). The monoisotopic (exact) mass is 302 g/mol. The van der Waals surface area contributed by atoms with Crippen molar-refractivity contribution in [2.24, 2.45) is 0 Å². The topological polar surface area (TPSA) is 54.0 Å². The SMILES string of the molecule is Cc1ccc(-c2cc(C(F)(F)F)n3cnc(C#N)c3n2)cc1. The van der Waals surface area contributed by atoms with Gasteiger partial charge in [0, 0.05) is 5.56 Å². The highest BCUT2D eigenvalue weighted by Crippen LogP contribution is 2.32. The highest BCUT2D eigenvalue weighted by Gasteiger charge is 2.35. The van der Waals surface area contributed by atoms with Crippen LogP contribution < -0.4 is 0 Å². The van der Waals surface area contributed by atoms with Crippen molar-refractivity contribution >= 4 is 5.65 Å². The van der Waals surface area contributed by atoms with Gasteiger partial charge in [0.1, 0.15) is 18.1 Å². The Hall–Kier alpha value is -2.88. The molecule has 1 aromatic carbocycles. The van der Waals surface area contributed by atoms with Crippen molar-refractivity contribution in [2.75, 3.05) is 0 Å². The summed E-state index contributed by atoms with van der Waals surface area (Å²) in [5, 5.41) is 8.97. The van der Waals surface area contributed by atoms with Gasteiger partial charge in [-0.3, -0.25) is 4.40 Å². The number of aromatic nitrogens is 3. The molecule has 4 nitrogen and oxygen atoms in total. The third kappa shape index (κ3) is 2.29. The number of benzene rings is 1. The Bertz CT molecular complexity index is 886. The minimum Gasteiger partial charge on any atom is -0.278 e. The molecule has 0 radical (unpaired) electrons. The number of aryl methyl sites for hydroxylation is 1. The molecule has 0 spiro atoms. The minimum atomic E-state index is -4.58. The molecule has 7 heteroatoms. The molecule has 0 N–H and O–H groups in total. The van der Waals surface area contributed by atoms with Gasteiger partial charge < -0.3 is 0 Å². The van der Waals surface area contributed by atoms with E-state index in [-0.39, 0.29) is 17.0 Å². The lowest BCUT2D eigenvalue weighted by Gasteiger charge is -2.11. The van der Waals surface area contributed by atoms with E-state index in [2.05, 4.69) is 9.97 Å². The summed E-state index contributed by atoms with van der Waals surface area (Å²) in [5.74, 6) is 0. The fourth-order valence-electron chi connectivity index (χ4n) is 2.14. The summed E-state index contributed by atoms with van der Waals surface area (Å²) in [6, 6.07) is 9.67. The lowest BCUT2D eigenvalue weighted by molar-refractivity contribution is -0.142. The summed E-state index contributed by atoms with van der Waals surface area (Å²) >= 11 is 0. The van der Waals surface area contributed by atoms with Crippen molar-refractivity contribution in [3.8, 4) is 17.3 Å². The van der Waals surface area contributed by atoms with Crippen LogP contribution in [0, 0.1) is 18.3 Å². The maximum atomic E-state index is 13.2. The third-order valence-electron chi connectivity index (χ3n) is 3.25. The number of nitriles is 1. The number of halogens is 3. The van der Waals surface area contributed by atoms with Gasteiger partial charge in [-0.05, 0) is 13.0 Å². The van der Waals surface area contributed by atoms with Gasteiger partial charge in [-0.25, -0.2) is 9.97 Å². The summed E-state index contributed by atoms with van der Waals surface area (Å²) < 4.78 is 40.5. The van der Waals surface area contributed by atoms with Gasteiger partial charge in [0.2, 0.25) is 0 Å². The van der Waals surface area contributed by atoms with E-state index in [1.54, 1.807) is 30.3 Å². The van der Waals surface area contributed by atoms with Crippen LogP contribution in [0.3, 0.4) is 0 Å². The molecule has 2 aromatic heterocycles. The fraction of sp³-hybridized carbons (Fsp3) is 0.133. The molecule has 0 atom stereocenters. The standard InChI is InChI=1S/C15H9F3N4/c1-9-2-4-10(5-3-9)11-6-13(15(16,17)18)22-8-20-12(7-19)14(22)21-11/h2-6,8H,1H3. The second-order valence-corrected chi connectivity index (χ2v) is 4.79. The van der Waals surface area contributed by atoms with E-state index in [0.29, 0.717) is 5.56 Å². The quantitative estimate of drug-likeness (QED) is 0.690.